The Labute approximate surface area is 270 Å². The van der Waals surface area contributed by atoms with Gasteiger partial charge in [-0.1, -0.05) is 48.5 Å². The highest BCUT2D eigenvalue weighted by Crippen LogP contribution is 2.24. The second-order valence-corrected chi connectivity index (χ2v) is 12.4. The number of ether oxygens (including phenoxy) is 1. The molecule has 4 heterocycles. The van der Waals surface area contributed by atoms with Crippen molar-refractivity contribution in [3.8, 4) is 22.3 Å². The molecule has 2 aliphatic rings. The Bertz CT molecular complexity index is 1600. The van der Waals surface area contributed by atoms with Gasteiger partial charge in [0.15, 0.2) is 0 Å². The fourth-order valence-corrected chi connectivity index (χ4v) is 6.27. The molecule has 2 saturated heterocycles. The number of likely N-dealkylation sites (tertiary alicyclic amines) is 1. The van der Waals surface area contributed by atoms with Crippen LogP contribution in [0.25, 0.3) is 22.3 Å². The van der Waals surface area contributed by atoms with Crippen LogP contribution in [0.5, 0.6) is 0 Å². The Hall–Kier alpha value is -4.13. The number of carbonyl (C=O) groups excluding carboxylic acids is 1. The van der Waals surface area contributed by atoms with Crippen molar-refractivity contribution >= 4 is 11.7 Å². The highest BCUT2D eigenvalue weighted by Gasteiger charge is 2.33. The summed E-state index contributed by atoms with van der Waals surface area (Å²) in [7, 11) is 3.87. The average Bonchev–Trinajstić information content (AvgIpc) is 3.66. The molecule has 0 aliphatic carbocycles. The van der Waals surface area contributed by atoms with E-state index >= 15 is 0 Å². The van der Waals surface area contributed by atoms with Crippen LogP contribution in [0.3, 0.4) is 0 Å². The minimum Gasteiger partial charge on any atom is -0.395 e. The number of hydrogen-bond acceptors (Lipinski definition) is 9. The maximum absolute atomic E-state index is 13.3. The zero-order valence-electron chi connectivity index (χ0n) is 26.7. The van der Waals surface area contributed by atoms with Crippen LogP contribution in [-0.2, 0) is 24.9 Å². The van der Waals surface area contributed by atoms with E-state index in [1.165, 1.54) is 16.7 Å². The molecular weight excluding hydrogens is 580 g/mol. The summed E-state index contributed by atoms with van der Waals surface area (Å²) >= 11 is 0. The number of nitrogens with one attached hydrogen (secondary N) is 1. The number of carbonyl (C=O) groups is 1. The van der Waals surface area contributed by atoms with Gasteiger partial charge in [0.05, 0.1) is 37.1 Å². The van der Waals surface area contributed by atoms with E-state index in [0.717, 1.165) is 62.5 Å². The number of β-amino-alcohol motifs (C(OH)–C–C–N with tert-alkyl or cyclic N) is 1. The first kappa shape index (κ1) is 31.8. The van der Waals surface area contributed by atoms with Gasteiger partial charge >= 0.3 is 0 Å². The van der Waals surface area contributed by atoms with E-state index in [1.54, 1.807) is 23.1 Å². The normalized spacial score (nSPS) is 19.5. The highest BCUT2D eigenvalue weighted by molar-refractivity contribution is 5.99. The Morgan fingerprint density at radius 3 is 2.24 bits per heavy atom. The first-order chi connectivity index (χ1) is 22.3. The number of aliphatic hydroxyl groups excluding tert-OH is 1. The van der Waals surface area contributed by atoms with Crippen molar-refractivity contribution in [3.05, 3.63) is 89.9 Å². The number of aliphatic hydroxyl groups is 1. The molecule has 2 fully saturated rings. The lowest BCUT2D eigenvalue weighted by molar-refractivity contribution is 0.0323. The summed E-state index contributed by atoms with van der Waals surface area (Å²) in [5.74, 6) is -0.0716. The summed E-state index contributed by atoms with van der Waals surface area (Å²) in [4.78, 5) is 24.5. The third-order valence-corrected chi connectivity index (χ3v) is 8.96. The zero-order chi connectivity index (χ0) is 32.0. The van der Waals surface area contributed by atoms with E-state index in [9.17, 15) is 4.79 Å². The van der Waals surface area contributed by atoms with Crippen LogP contribution in [0.4, 0.5) is 5.82 Å². The number of nitrogen functional groups attached to an aromatic ring is 1. The monoisotopic (exact) mass is 624 g/mol. The third-order valence-electron chi connectivity index (χ3n) is 8.96. The molecule has 2 aliphatic heterocycles. The summed E-state index contributed by atoms with van der Waals surface area (Å²) in [5.41, 5.74) is 12.9. The van der Waals surface area contributed by atoms with E-state index in [4.69, 9.17) is 15.6 Å². The number of benzene rings is 2. The lowest BCUT2D eigenvalue weighted by Crippen LogP contribution is -2.46. The number of likely N-dealkylation sites (N-methyl/N-ethyl adjacent to an activating group) is 1. The van der Waals surface area contributed by atoms with Crippen LogP contribution in [-0.4, -0.2) is 112 Å². The smallest absolute Gasteiger partial charge is 0.255 e. The largest absolute Gasteiger partial charge is 0.395 e. The quantitative estimate of drug-likeness (QED) is 0.231. The molecule has 2 aromatic heterocycles. The van der Waals surface area contributed by atoms with Gasteiger partial charge in [0, 0.05) is 82.9 Å². The average molecular weight is 625 g/mol. The summed E-state index contributed by atoms with van der Waals surface area (Å²) in [5, 5.41) is 16.5. The summed E-state index contributed by atoms with van der Waals surface area (Å²) in [6.45, 7) is 7.88. The SMILES string of the molecule is CN1CC(OCc2ccc(-c3ccc(CN4CCN(CCO)CC4)cc3)cc2)[C@@H](NC(=O)c2cc(-c3cnn(C)c3)cnc2N)C1. The molecule has 242 valence electrons. The molecule has 0 spiro atoms. The molecule has 6 rings (SSSR count). The fraction of sp³-hybridized carbons (Fsp3) is 0.400. The van der Waals surface area contributed by atoms with Gasteiger partial charge < -0.3 is 25.8 Å². The van der Waals surface area contributed by atoms with Gasteiger partial charge in [-0.3, -0.25) is 19.3 Å². The van der Waals surface area contributed by atoms with Crippen molar-refractivity contribution in [2.45, 2.75) is 25.3 Å². The minimum absolute atomic E-state index is 0.158. The van der Waals surface area contributed by atoms with Gasteiger partial charge in [0.1, 0.15) is 5.82 Å². The zero-order valence-corrected chi connectivity index (χ0v) is 26.7. The van der Waals surface area contributed by atoms with Crippen LogP contribution < -0.4 is 11.1 Å². The Kier molecular flexibility index (Phi) is 10.1. The molecule has 1 amide bonds. The van der Waals surface area contributed by atoms with Crippen LogP contribution in [0.15, 0.2) is 73.2 Å². The maximum atomic E-state index is 13.3. The Balaban J connectivity index is 1.02. The number of nitrogens with two attached hydrogens (primary N) is 1. The number of hydrogen-bond donors (Lipinski definition) is 3. The second-order valence-electron chi connectivity index (χ2n) is 12.4. The first-order valence-corrected chi connectivity index (χ1v) is 15.9. The molecule has 4 aromatic rings. The number of piperazine rings is 1. The molecule has 2 atom stereocenters. The fourth-order valence-electron chi connectivity index (χ4n) is 6.27. The molecular formula is C35H44N8O3. The van der Waals surface area contributed by atoms with Crippen LogP contribution >= 0.6 is 0 Å². The van der Waals surface area contributed by atoms with Gasteiger partial charge in [-0.05, 0) is 35.4 Å². The number of amides is 1. The summed E-state index contributed by atoms with van der Waals surface area (Å²) in [6, 6.07) is 18.9. The number of pyridine rings is 1. The van der Waals surface area contributed by atoms with Crippen LogP contribution in [0.2, 0.25) is 0 Å². The molecule has 2 aromatic carbocycles. The first-order valence-electron chi connectivity index (χ1n) is 15.9. The molecule has 11 heteroatoms. The number of aromatic nitrogens is 3. The van der Waals surface area contributed by atoms with Gasteiger partial charge in [-0.15, -0.1) is 0 Å². The Morgan fingerprint density at radius 1 is 0.913 bits per heavy atom. The summed E-state index contributed by atoms with van der Waals surface area (Å²) in [6.07, 6.45) is 5.11. The third kappa shape index (κ3) is 7.80. The molecule has 1 unspecified atom stereocenters. The van der Waals surface area contributed by atoms with Crippen molar-refractivity contribution in [1.29, 1.82) is 0 Å². The van der Waals surface area contributed by atoms with Crippen molar-refractivity contribution in [1.82, 2.24) is 34.8 Å². The Morgan fingerprint density at radius 2 is 1.59 bits per heavy atom. The van der Waals surface area contributed by atoms with Gasteiger partial charge in [-0.2, -0.15) is 5.10 Å². The van der Waals surface area contributed by atoms with E-state index in [1.807, 2.05) is 20.3 Å². The minimum atomic E-state index is -0.263. The number of aryl methyl sites for hydroxylation is 1. The molecule has 46 heavy (non-hydrogen) atoms. The van der Waals surface area contributed by atoms with Gasteiger partial charge in [-0.25, -0.2) is 4.98 Å². The van der Waals surface area contributed by atoms with Crippen LogP contribution in [0.1, 0.15) is 21.5 Å². The lowest BCUT2D eigenvalue weighted by Gasteiger charge is -2.34. The molecule has 4 N–H and O–H groups in total. The molecule has 0 saturated carbocycles. The maximum Gasteiger partial charge on any atom is 0.255 e. The lowest BCUT2D eigenvalue weighted by atomic mass is 10.0. The van der Waals surface area contributed by atoms with Gasteiger partial charge in [0.25, 0.3) is 5.91 Å². The summed E-state index contributed by atoms with van der Waals surface area (Å²) < 4.78 is 8.06. The predicted molar refractivity (Wildman–Crippen MR) is 179 cm³/mol. The topological polar surface area (TPSA) is 125 Å². The standard InChI is InChI=1S/C35H44N8O3/c1-40-22-32(39-35(45)31-17-29(18-37-34(31)36)30-19-38-41(2)21-30)33(23-40)46-24-26-5-9-28(10-6-26)27-7-3-25(4-8-27)20-43-13-11-42(12-14-43)15-16-44/h3-10,17-19,21,32-33,44H,11-16,20,22-24H2,1-2H3,(H2,36,37)(H,39,45)/t32-,33?/m0/s1. The van der Waals surface area contributed by atoms with Crippen molar-refractivity contribution in [2.75, 3.05) is 65.2 Å². The van der Waals surface area contributed by atoms with Crippen LogP contribution in [0, 0.1) is 0 Å². The van der Waals surface area contributed by atoms with Crippen molar-refractivity contribution in [2.24, 2.45) is 7.05 Å². The molecule has 11 nitrogen and oxygen atoms in total. The van der Waals surface area contributed by atoms with Crippen molar-refractivity contribution in [3.63, 3.8) is 0 Å². The predicted octanol–water partition coefficient (Wildman–Crippen LogP) is 2.47. The highest BCUT2D eigenvalue weighted by atomic mass is 16.5. The molecule has 0 bridgehead atoms. The second kappa shape index (κ2) is 14.5. The van der Waals surface area contributed by atoms with Gasteiger partial charge in [0.2, 0.25) is 0 Å². The molecule has 0 radical (unpaired) electrons. The number of anilines is 1. The van der Waals surface area contributed by atoms with E-state index < -0.39 is 0 Å². The number of rotatable bonds is 11. The number of nitrogens with zero attached hydrogens (tertiary/aromatic N) is 6. The van der Waals surface area contributed by atoms with E-state index in [2.05, 4.69) is 78.6 Å². The van der Waals surface area contributed by atoms with E-state index in [0.29, 0.717) is 18.7 Å². The van der Waals surface area contributed by atoms with E-state index in [-0.39, 0.29) is 30.5 Å². The van der Waals surface area contributed by atoms with Crippen molar-refractivity contribution < 1.29 is 14.6 Å².